The topological polar surface area (TPSA) is 73.0 Å². The van der Waals surface area contributed by atoms with Crippen molar-refractivity contribution in [1.82, 2.24) is 20.1 Å². The predicted octanol–water partition coefficient (Wildman–Crippen LogP) is 1.06. The Bertz CT molecular complexity index is 585. The molecule has 0 radical (unpaired) electrons. The maximum Gasteiger partial charge on any atom is 0.287 e. The van der Waals surface area contributed by atoms with E-state index in [2.05, 4.69) is 20.1 Å². The molecule has 0 saturated carbocycles. The van der Waals surface area contributed by atoms with Crippen LogP contribution in [0.1, 0.15) is 34.2 Å². The van der Waals surface area contributed by atoms with E-state index in [0.717, 1.165) is 36.6 Å². The number of nitrogens with zero attached hydrogens (tertiary/aromatic N) is 3. The van der Waals surface area contributed by atoms with Crippen LogP contribution in [-0.2, 0) is 19.5 Å². The molecular formula is C12H14N4O2. The van der Waals surface area contributed by atoms with Crippen molar-refractivity contribution in [3.8, 4) is 0 Å². The van der Waals surface area contributed by atoms with E-state index >= 15 is 0 Å². The van der Waals surface area contributed by atoms with Gasteiger partial charge in [0.2, 0.25) is 0 Å². The minimum atomic E-state index is -0.215. The number of amides is 1. The van der Waals surface area contributed by atoms with E-state index in [1.54, 1.807) is 6.07 Å². The first kappa shape index (κ1) is 11.0. The molecule has 18 heavy (non-hydrogen) atoms. The van der Waals surface area contributed by atoms with Crippen LogP contribution in [0.15, 0.2) is 16.7 Å². The largest absolute Gasteiger partial charge is 0.459 e. The highest BCUT2D eigenvalue weighted by molar-refractivity contribution is 5.92. The van der Waals surface area contributed by atoms with Gasteiger partial charge < -0.3 is 14.3 Å². The summed E-state index contributed by atoms with van der Waals surface area (Å²) < 4.78 is 7.20. The third-order valence-corrected chi connectivity index (χ3v) is 3.16. The van der Waals surface area contributed by atoms with Gasteiger partial charge in [-0.15, -0.1) is 10.2 Å². The van der Waals surface area contributed by atoms with E-state index in [-0.39, 0.29) is 5.91 Å². The number of carbonyl (C=O) groups is 1. The summed E-state index contributed by atoms with van der Waals surface area (Å²) in [5.41, 5.74) is 0.832. The lowest BCUT2D eigenvalue weighted by atomic mass is 10.3. The SMILES string of the molecule is Cc1ccoc1C(=O)NCc1nnc2n1CCC2. The van der Waals surface area contributed by atoms with Crippen molar-refractivity contribution in [1.29, 1.82) is 0 Å². The Hall–Kier alpha value is -2.11. The minimum Gasteiger partial charge on any atom is -0.459 e. The van der Waals surface area contributed by atoms with E-state index < -0.39 is 0 Å². The van der Waals surface area contributed by atoms with Crippen LogP contribution in [-0.4, -0.2) is 20.7 Å². The molecule has 0 saturated heterocycles. The highest BCUT2D eigenvalue weighted by atomic mass is 16.3. The number of aryl methyl sites for hydroxylation is 2. The molecule has 0 aromatic carbocycles. The first-order valence-corrected chi connectivity index (χ1v) is 5.99. The molecule has 0 fully saturated rings. The summed E-state index contributed by atoms with van der Waals surface area (Å²) in [5, 5.41) is 11.0. The molecule has 2 aromatic rings. The quantitative estimate of drug-likeness (QED) is 0.878. The Labute approximate surface area is 104 Å². The van der Waals surface area contributed by atoms with Gasteiger partial charge in [0.1, 0.15) is 5.82 Å². The zero-order valence-electron chi connectivity index (χ0n) is 10.1. The summed E-state index contributed by atoms with van der Waals surface area (Å²) >= 11 is 0. The van der Waals surface area contributed by atoms with Crippen molar-refractivity contribution < 1.29 is 9.21 Å². The monoisotopic (exact) mass is 246 g/mol. The number of hydrogen-bond donors (Lipinski definition) is 1. The summed E-state index contributed by atoms with van der Waals surface area (Å²) in [6.45, 7) is 3.16. The molecule has 6 nitrogen and oxygen atoms in total. The van der Waals surface area contributed by atoms with Gasteiger partial charge in [-0.25, -0.2) is 0 Å². The molecule has 3 rings (SSSR count). The molecule has 6 heteroatoms. The maximum atomic E-state index is 11.9. The van der Waals surface area contributed by atoms with Gasteiger partial charge >= 0.3 is 0 Å². The van der Waals surface area contributed by atoms with Gasteiger partial charge in [-0.3, -0.25) is 4.79 Å². The fourth-order valence-corrected chi connectivity index (χ4v) is 2.19. The summed E-state index contributed by atoms with van der Waals surface area (Å²) in [6.07, 6.45) is 3.58. The minimum absolute atomic E-state index is 0.215. The second-order valence-corrected chi connectivity index (χ2v) is 4.40. The zero-order valence-corrected chi connectivity index (χ0v) is 10.1. The Morgan fingerprint density at radius 1 is 1.56 bits per heavy atom. The zero-order chi connectivity index (χ0) is 12.5. The van der Waals surface area contributed by atoms with Gasteiger partial charge in [-0.1, -0.05) is 0 Å². The fraction of sp³-hybridized carbons (Fsp3) is 0.417. The van der Waals surface area contributed by atoms with Crippen molar-refractivity contribution in [2.45, 2.75) is 32.9 Å². The Balaban J connectivity index is 1.68. The first-order chi connectivity index (χ1) is 8.75. The highest BCUT2D eigenvalue weighted by Crippen LogP contribution is 2.14. The molecule has 0 spiro atoms. The van der Waals surface area contributed by atoms with Crippen molar-refractivity contribution in [3.05, 3.63) is 35.3 Å². The third-order valence-electron chi connectivity index (χ3n) is 3.16. The summed E-state index contributed by atoms with van der Waals surface area (Å²) in [6, 6.07) is 1.77. The van der Waals surface area contributed by atoms with Crippen LogP contribution in [0, 0.1) is 6.92 Å². The van der Waals surface area contributed by atoms with Gasteiger partial charge in [0, 0.05) is 18.5 Å². The van der Waals surface area contributed by atoms with Crippen LogP contribution in [0.5, 0.6) is 0 Å². The molecule has 1 aliphatic heterocycles. The summed E-state index contributed by atoms with van der Waals surface area (Å²) in [5.74, 6) is 1.96. The lowest BCUT2D eigenvalue weighted by Gasteiger charge is -2.04. The van der Waals surface area contributed by atoms with E-state index in [0.29, 0.717) is 12.3 Å². The lowest BCUT2D eigenvalue weighted by molar-refractivity contribution is 0.0921. The molecule has 0 atom stereocenters. The van der Waals surface area contributed by atoms with Crippen molar-refractivity contribution in [3.63, 3.8) is 0 Å². The van der Waals surface area contributed by atoms with Crippen LogP contribution in [0.25, 0.3) is 0 Å². The average molecular weight is 246 g/mol. The van der Waals surface area contributed by atoms with Gasteiger partial charge in [0.15, 0.2) is 11.6 Å². The molecule has 0 aliphatic carbocycles. The summed E-state index contributed by atoms with van der Waals surface area (Å²) in [4.78, 5) is 11.9. The molecule has 1 N–H and O–H groups in total. The highest BCUT2D eigenvalue weighted by Gasteiger charge is 2.18. The number of hydrogen-bond acceptors (Lipinski definition) is 4. The van der Waals surface area contributed by atoms with E-state index in [1.165, 1.54) is 6.26 Å². The average Bonchev–Trinajstić information content (AvgIpc) is 3.02. The Kier molecular flexibility index (Phi) is 2.62. The van der Waals surface area contributed by atoms with Crippen LogP contribution in [0.3, 0.4) is 0 Å². The maximum absolute atomic E-state index is 11.9. The number of carbonyl (C=O) groups excluding carboxylic acids is 1. The number of aromatic nitrogens is 3. The Morgan fingerprint density at radius 3 is 3.22 bits per heavy atom. The van der Waals surface area contributed by atoms with Crippen LogP contribution in [0.2, 0.25) is 0 Å². The fourth-order valence-electron chi connectivity index (χ4n) is 2.19. The number of furan rings is 1. The molecule has 2 aromatic heterocycles. The van der Waals surface area contributed by atoms with Gasteiger partial charge in [0.25, 0.3) is 5.91 Å². The molecule has 3 heterocycles. The molecule has 94 valence electrons. The normalized spacial score (nSPS) is 13.6. The number of fused-ring (bicyclic) bond motifs is 1. The molecular weight excluding hydrogens is 232 g/mol. The first-order valence-electron chi connectivity index (χ1n) is 5.99. The van der Waals surface area contributed by atoms with Crippen LogP contribution >= 0.6 is 0 Å². The van der Waals surface area contributed by atoms with Crippen molar-refractivity contribution in [2.24, 2.45) is 0 Å². The van der Waals surface area contributed by atoms with E-state index in [1.807, 2.05) is 6.92 Å². The Morgan fingerprint density at radius 2 is 2.44 bits per heavy atom. The number of nitrogens with one attached hydrogen (secondary N) is 1. The van der Waals surface area contributed by atoms with Crippen molar-refractivity contribution in [2.75, 3.05) is 0 Å². The van der Waals surface area contributed by atoms with Gasteiger partial charge in [0.05, 0.1) is 12.8 Å². The second-order valence-electron chi connectivity index (χ2n) is 4.40. The standard InChI is InChI=1S/C12H14N4O2/c1-8-4-6-18-11(8)12(17)13-7-10-15-14-9-3-2-5-16(9)10/h4,6H,2-3,5,7H2,1H3,(H,13,17). The van der Waals surface area contributed by atoms with E-state index in [9.17, 15) is 4.79 Å². The predicted molar refractivity (Wildman–Crippen MR) is 63.0 cm³/mol. The third kappa shape index (κ3) is 1.79. The van der Waals surface area contributed by atoms with Crippen LogP contribution < -0.4 is 5.32 Å². The van der Waals surface area contributed by atoms with Crippen LogP contribution in [0.4, 0.5) is 0 Å². The molecule has 0 unspecified atom stereocenters. The summed E-state index contributed by atoms with van der Waals surface area (Å²) in [7, 11) is 0. The van der Waals surface area contributed by atoms with Gasteiger partial charge in [-0.2, -0.15) is 0 Å². The number of rotatable bonds is 3. The molecule has 1 amide bonds. The lowest BCUT2D eigenvalue weighted by Crippen LogP contribution is -2.24. The van der Waals surface area contributed by atoms with Gasteiger partial charge in [-0.05, 0) is 19.4 Å². The molecule has 1 aliphatic rings. The van der Waals surface area contributed by atoms with Crippen molar-refractivity contribution >= 4 is 5.91 Å². The molecule has 0 bridgehead atoms. The second kappa shape index (κ2) is 4.29. The smallest absolute Gasteiger partial charge is 0.287 e. The van der Waals surface area contributed by atoms with E-state index in [4.69, 9.17) is 4.42 Å².